The predicted molar refractivity (Wildman–Crippen MR) is 94.1 cm³/mol. The molecule has 3 aromatic rings. The fraction of sp³-hybridized carbons (Fsp3) is 0.133. The van der Waals surface area contributed by atoms with E-state index in [4.69, 9.17) is 11.6 Å². The third kappa shape index (κ3) is 3.37. The minimum absolute atomic E-state index is 0.000356. The molecule has 0 aliphatic carbocycles. The van der Waals surface area contributed by atoms with Crippen LogP contribution in [0.2, 0.25) is 5.02 Å². The molecule has 1 N–H and O–H groups in total. The van der Waals surface area contributed by atoms with Crippen LogP contribution in [0.4, 0.5) is 5.69 Å². The summed E-state index contributed by atoms with van der Waals surface area (Å²) in [4.78, 5) is 43.1. The summed E-state index contributed by atoms with van der Waals surface area (Å²) in [5.41, 5.74) is -0.203. The second-order valence-corrected chi connectivity index (χ2v) is 6.58. The Bertz CT molecular complexity index is 1050. The van der Waals surface area contributed by atoms with Gasteiger partial charge in [-0.15, -0.1) is 11.3 Å². The molecule has 0 unspecified atom stereocenters. The summed E-state index contributed by atoms with van der Waals surface area (Å²) >= 11 is 7.04. The summed E-state index contributed by atoms with van der Waals surface area (Å²) in [6, 6.07) is 5.55. The Labute approximate surface area is 149 Å². The first-order valence-electron chi connectivity index (χ1n) is 7.02. The Morgan fingerprint density at radius 1 is 1.44 bits per heavy atom. The first kappa shape index (κ1) is 17.1. The minimum atomic E-state index is -0.662. The van der Waals surface area contributed by atoms with Gasteiger partial charge in [-0.2, -0.15) is 0 Å². The molecular formula is C15H11ClN4O4S. The number of aromatic amines is 1. The number of hydrogen-bond acceptors (Lipinski definition) is 6. The van der Waals surface area contributed by atoms with Crippen molar-refractivity contribution < 1.29 is 9.72 Å². The zero-order valence-electron chi connectivity index (χ0n) is 12.9. The van der Waals surface area contributed by atoms with Gasteiger partial charge in [-0.25, -0.2) is 4.98 Å². The fourth-order valence-electron chi connectivity index (χ4n) is 2.34. The lowest BCUT2D eigenvalue weighted by Crippen LogP contribution is -2.28. The standard InChI is InChI=1S/C15H11ClN4O4S/c1-19(7-12-17-10-4-5-25-13(10)14(21)18-12)15(22)9-3-2-8(16)6-11(9)20(23)24/h2-6H,7H2,1H3,(H,17,18,21). The first-order chi connectivity index (χ1) is 11.9. The normalized spacial score (nSPS) is 10.8. The van der Waals surface area contributed by atoms with Crippen LogP contribution in [-0.4, -0.2) is 32.7 Å². The number of fused-ring (bicyclic) bond motifs is 1. The third-order valence-corrected chi connectivity index (χ3v) is 4.62. The highest BCUT2D eigenvalue weighted by atomic mass is 35.5. The molecule has 0 radical (unpaired) electrons. The Balaban J connectivity index is 1.90. The van der Waals surface area contributed by atoms with Crippen molar-refractivity contribution in [2.45, 2.75) is 6.54 Å². The number of nitrogens with one attached hydrogen (secondary N) is 1. The molecule has 0 aliphatic rings. The Hall–Kier alpha value is -2.78. The summed E-state index contributed by atoms with van der Waals surface area (Å²) in [6.45, 7) is -0.000356. The van der Waals surface area contributed by atoms with Crippen LogP contribution in [0.1, 0.15) is 16.2 Å². The molecule has 2 heterocycles. The molecule has 0 bridgehead atoms. The van der Waals surface area contributed by atoms with E-state index in [1.807, 2.05) is 0 Å². The maximum Gasteiger partial charge on any atom is 0.283 e. The van der Waals surface area contributed by atoms with Gasteiger partial charge in [0.05, 0.1) is 17.0 Å². The summed E-state index contributed by atoms with van der Waals surface area (Å²) in [5.74, 6) is -0.278. The molecule has 3 rings (SSSR count). The minimum Gasteiger partial charge on any atom is -0.334 e. The van der Waals surface area contributed by atoms with Crippen molar-refractivity contribution in [3.63, 3.8) is 0 Å². The number of rotatable bonds is 4. The van der Waals surface area contributed by atoms with Crippen LogP contribution in [0.3, 0.4) is 0 Å². The highest BCUT2D eigenvalue weighted by Gasteiger charge is 2.24. The SMILES string of the molecule is CN(Cc1nc2ccsc2c(=O)[nH]1)C(=O)c1ccc(Cl)cc1[N+](=O)[O-]. The molecule has 0 fully saturated rings. The molecule has 2 aromatic heterocycles. The number of nitrogens with zero attached hydrogens (tertiary/aromatic N) is 3. The van der Waals surface area contributed by atoms with Crippen molar-refractivity contribution in [2.24, 2.45) is 0 Å². The summed E-state index contributed by atoms with van der Waals surface area (Å²) in [5, 5.41) is 13.1. The van der Waals surface area contributed by atoms with Crippen molar-refractivity contribution >= 4 is 44.7 Å². The van der Waals surface area contributed by atoms with E-state index in [1.165, 1.54) is 35.4 Å². The predicted octanol–water partition coefficient (Wildman–Crippen LogP) is 2.82. The quantitative estimate of drug-likeness (QED) is 0.554. The fourth-order valence-corrected chi connectivity index (χ4v) is 3.23. The number of nitro benzene ring substituents is 1. The topological polar surface area (TPSA) is 109 Å². The summed E-state index contributed by atoms with van der Waals surface area (Å²) in [6.07, 6.45) is 0. The van der Waals surface area contributed by atoms with Crippen molar-refractivity contribution in [1.82, 2.24) is 14.9 Å². The van der Waals surface area contributed by atoms with Crippen LogP contribution >= 0.6 is 22.9 Å². The number of aromatic nitrogens is 2. The van der Waals surface area contributed by atoms with Gasteiger partial charge in [0.15, 0.2) is 0 Å². The smallest absolute Gasteiger partial charge is 0.283 e. The number of hydrogen-bond donors (Lipinski definition) is 1. The van der Waals surface area contributed by atoms with Gasteiger partial charge in [0.2, 0.25) is 0 Å². The van der Waals surface area contributed by atoms with E-state index in [0.29, 0.717) is 16.0 Å². The lowest BCUT2D eigenvalue weighted by molar-refractivity contribution is -0.385. The first-order valence-corrected chi connectivity index (χ1v) is 8.28. The molecule has 10 heteroatoms. The second-order valence-electron chi connectivity index (χ2n) is 5.23. The van der Waals surface area contributed by atoms with Crippen LogP contribution in [0.15, 0.2) is 34.4 Å². The molecule has 0 spiro atoms. The molecule has 25 heavy (non-hydrogen) atoms. The van der Waals surface area contributed by atoms with Gasteiger partial charge in [-0.3, -0.25) is 19.7 Å². The molecule has 128 valence electrons. The maximum atomic E-state index is 12.5. The van der Waals surface area contributed by atoms with Crippen molar-refractivity contribution in [3.05, 3.63) is 66.5 Å². The van der Waals surface area contributed by atoms with Gasteiger partial charge < -0.3 is 9.88 Å². The Morgan fingerprint density at radius 3 is 2.92 bits per heavy atom. The zero-order chi connectivity index (χ0) is 18.1. The van der Waals surface area contributed by atoms with E-state index in [2.05, 4.69) is 9.97 Å². The molecule has 0 saturated heterocycles. The second kappa shape index (κ2) is 6.61. The summed E-state index contributed by atoms with van der Waals surface area (Å²) in [7, 11) is 1.47. The maximum absolute atomic E-state index is 12.5. The average Bonchev–Trinajstić information content (AvgIpc) is 3.03. The van der Waals surface area contributed by atoms with Crippen molar-refractivity contribution in [3.8, 4) is 0 Å². The number of halogens is 1. The monoisotopic (exact) mass is 378 g/mol. The third-order valence-electron chi connectivity index (χ3n) is 3.48. The Morgan fingerprint density at radius 2 is 2.20 bits per heavy atom. The largest absolute Gasteiger partial charge is 0.334 e. The number of benzene rings is 1. The molecule has 1 aromatic carbocycles. The Kier molecular flexibility index (Phi) is 4.51. The van der Waals surface area contributed by atoms with Gasteiger partial charge >= 0.3 is 0 Å². The van der Waals surface area contributed by atoms with Crippen molar-refractivity contribution in [2.75, 3.05) is 7.05 Å². The number of carbonyl (C=O) groups is 1. The van der Waals surface area contributed by atoms with Crippen molar-refractivity contribution in [1.29, 1.82) is 0 Å². The molecule has 0 saturated carbocycles. The van der Waals surface area contributed by atoms with E-state index < -0.39 is 10.8 Å². The van der Waals surface area contributed by atoms with Gasteiger partial charge in [-0.05, 0) is 23.6 Å². The van der Waals surface area contributed by atoms with Crippen LogP contribution in [0, 0.1) is 10.1 Å². The van der Waals surface area contributed by atoms with E-state index >= 15 is 0 Å². The molecule has 1 amide bonds. The highest BCUT2D eigenvalue weighted by Crippen LogP contribution is 2.24. The number of carbonyl (C=O) groups excluding carboxylic acids is 1. The molecule has 0 atom stereocenters. The number of amides is 1. The van der Waals surface area contributed by atoms with Gasteiger partial charge in [0.25, 0.3) is 17.2 Å². The lowest BCUT2D eigenvalue weighted by atomic mass is 10.1. The van der Waals surface area contributed by atoms with E-state index in [-0.39, 0.29) is 28.4 Å². The number of H-pyrrole nitrogens is 1. The van der Waals surface area contributed by atoms with Gasteiger partial charge in [-0.1, -0.05) is 11.6 Å². The van der Waals surface area contributed by atoms with Gasteiger partial charge in [0, 0.05) is 18.1 Å². The molecule has 8 nitrogen and oxygen atoms in total. The number of nitro groups is 1. The van der Waals surface area contributed by atoms with Crippen LogP contribution in [0.5, 0.6) is 0 Å². The molecule has 0 aliphatic heterocycles. The number of thiophene rings is 1. The van der Waals surface area contributed by atoms with Crippen LogP contribution in [-0.2, 0) is 6.54 Å². The van der Waals surface area contributed by atoms with Crippen LogP contribution in [0.25, 0.3) is 10.2 Å². The van der Waals surface area contributed by atoms with Crippen LogP contribution < -0.4 is 5.56 Å². The van der Waals surface area contributed by atoms with E-state index in [0.717, 1.165) is 6.07 Å². The van der Waals surface area contributed by atoms with Gasteiger partial charge in [0.1, 0.15) is 16.1 Å². The van der Waals surface area contributed by atoms with E-state index in [9.17, 15) is 19.7 Å². The highest BCUT2D eigenvalue weighted by molar-refractivity contribution is 7.17. The van der Waals surface area contributed by atoms with E-state index in [1.54, 1.807) is 11.4 Å². The zero-order valence-corrected chi connectivity index (χ0v) is 14.4. The lowest BCUT2D eigenvalue weighted by Gasteiger charge is -2.16. The molecular weight excluding hydrogens is 368 g/mol. The average molecular weight is 379 g/mol. The summed E-state index contributed by atoms with van der Waals surface area (Å²) < 4.78 is 0.506.